The Morgan fingerprint density at radius 2 is 2.12 bits per heavy atom. The van der Waals surface area contributed by atoms with Gasteiger partial charge in [0.15, 0.2) is 5.78 Å². The predicted molar refractivity (Wildman–Crippen MR) is 71.0 cm³/mol. The van der Waals surface area contributed by atoms with Gasteiger partial charge < -0.3 is 5.73 Å². The van der Waals surface area contributed by atoms with Crippen LogP contribution < -0.4 is 5.73 Å². The van der Waals surface area contributed by atoms with E-state index in [0.717, 1.165) is 29.7 Å². The summed E-state index contributed by atoms with van der Waals surface area (Å²) < 4.78 is 0. The van der Waals surface area contributed by atoms with Crippen LogP contribution in [-0.2, 0) is 0 Å². The number of rotatable bonds is 2. The Bertz CT molecular complexity index is 425. The largest absolute Gasteiger partial charge is 0.398 e. The first-order valence-corrected chi connectivity index (χ1v) is 6.49. The standard InChI is InChI=1S/C15H21NO/c1-10-5-3-6-12(9-10)15(17)13-7-4-8-14(16)11(13)2/h4,7-8,10,12H,3,5-6,9,16H2,1-2H3. The van der Waals surface area contributed by atoms with Crippen molar-refractivity contribution >= 4 is 11.5 Å². The maximum Gasteiger partial charge on any atom is 0.166 e. The van der Waals surface area contributed by atoms with E-state index < -0.39 is 0 Å². The molecule has 0 heterocycles. The number of carbonyl (C=O) groups is 1. The van der Waals surface area contributed by atoms with Gasteiger partial charge in [-0.3, -0.25) is 4.79 Å². The third kappa shape index (κ3) is 2.51. The Hall–Kier alpha value is -1.31. The van der Waals surface area contributed by atoms with Gasteiger partial charge in [0.2, 0.25) is 0 Å². The topological polar surface area (TPSA) is 43.1 Å². The van der Waals surface area contributed by atoms with E-state index in [4.69, 9.17) is 5.73 Å². The van der Waals surface area contributed by atoms with Crippen LogP contribution in [0.25, 0.3) is 0 Å². The molecule has 1 aliphatic carbocycles. The second-order valence-corrected chi connectivity index (χ2v) is 5.35. The van der Waals surface area contributed by atoms with Gasteiger partial charge in [-0.1, -0.05) is 31.9 Å². The number of hydrogen-bond acceptors (Lipinski definition) is 2. The third-order valence-electron chi connectivity index (χ3n) is 3.95. The number of nitrogens with two attached hydrogens (primary N) is 1. The van der Waals surface area contributed by atoms with Gasteiger partial charge in [0.1, 0.15) is 0 Å². The monoisotopic (exact) mass is 231 g/mol. The summed E-state index contributed by atoms with van der Waals surface area (Å²) >= 11 is 0. The molecule has 2 nitrogen and oxygen atoms in total. The molecule has 17 heavy (non-hydrogen) atoms. The Morgan fingerprint density at radius 3 is 2.82 bits per heavy atom. The molecule has 1 fully saturated rings. The highest BCUT2D eigenvalue weighted by molar-refractivity contribution is 6.00. The maximum absolute atomic E-state index is 12.5. The van der Waals surface area contributed by atoms with Crippen molar-refractivity contribution in [2.24, 2.45) is 11.8 Å². The lowest BCUT2D eigenvalue weighted by Gasteiger charge is -2.26. The highest BCUT2D eigenvalue weighted by Crippen LogP contribution is 2.32. The molecule has 2 atom stereocenters. The van der Waals surface area contributed by atoms with Gasteiger partial charge in [-0.05, 0) is 37.3 Å². The maximum atomic E-state index is 12.5. The zero-order chi connectivity index (χ0) is 12.4. The molecule has 1 aliphatic rings. The van der Waals surface area contributed by atoms with Gasteiger partial charge in [-0.15, -0.1) is 0 Å². The number of anilines is 1. The molecule has 1 aromatic carbocycles. The van der Waals surface area contributed by atoms with E-state index in [9.17, 15) is 4.79 Å². The molecule has 0 amide bonds. The van der Waals surface area contributed by atoms with Crippen molar-refractivity contribution < 1.29 is 4.79 Å². The van der Waals surface area contributed by atoms with Crippen LogP contribution in [0.5, 0.6) is 0 Å². The summed E-state index contributed by atoms with van der Waals surface area (Å²) in [6.07, 6.45) is 4.52. The van der Waals surface area contributed by atoms with Crippen molar-refractivity contribution in [1.82, 2.24) is 0 Å². The molecule has 2 N–H and O–H groups in total. The number of benzene rings is 1. The molecule has 0 radical (unpaired) electrons. The van der Waals surface area contributed by atoms with Crippen LogP contribution in [0.2, 0.25) is 0 Å². The molecule has 0 spiro atoms. The minimum atomic E-state index is 0.208. The summed E-state index contributed by atoms with van der Waals surface area (Å²) in [5.41, 5.74) is 8.35. The summed E-state index contributed by atoms with van der Waals surface area (Å²) in [7, 11) is 0. The van der Waals surface area contributed by atoms with Crippen LogP contribution in [0.3, 0.4) is 0 Å². The van der Waals surface area contributed by atoms with Crippen molar-refractivity contribution in [3.05, 3.63) is 29.3 Å². The third-order valence-corrected chi connectivity index (χ3v) is 3.95. The lowest BCUT2D eigenvalue weighted by molar-refractivity contribution is 0.0868. The Balaban J connectivity index is 2.22. The van der Waals surface area contributed by atoms with Crippen molar-refractivity contribution in [1.29, 1.82) is 0 Å². The lowest BCUT2D eigenvalue weighted by Crippen LogP contribution is -2.22. The first kappa shape index (κ1) is 12.2. The average molecular weight is 231 g/mol. The van der Waals surface area contributed by atoms with Gasteiger partial charge in [0.05, 0.1) is 0 Å². The first-order valence-electron chi connectivity index (χ1n) is 6.49. The molecule has 2 unspecified atom stereocenters. The van der Waals surface area contributed by atoms with Gasteiger partial charge in [-0.2, -0.15) is 0 Å². The van der Waals surface area contributed by atoms with Gasteiger partial charge >= 0.3 is 0 Å². The summed E-state index contributed by atoms with van der Waals surface area (Å²) in [5.74, 6) is 1.18. The van der Waals surface area contributed by atoms with E-state index in [1.165, 1.54) is 12.8 Å². The van der Waals surface area contributed by atoms with E-state index in [0.29, 0.717) is 11.7 Å². The highest BCUT2D eigenvalue weighted by atomic mass is 16.1. The normalized spacial score (nSPS) is 24.6. The van der Waals surface area contributed by atoms with Crippen molar-refractivity contribution in [2.45, 2.75) is 39.5 Å². The number of Topliss-reactive ketones (excluding diaryl/α,β-unsaturated/α-hetero) is 1. The first-order chi connectivity index (χ1) is 8.09. The second-order valence-electron chi connectivity index (χ2n) is 5.35. The van der Waals surface area contributed by atoms with Crippen molar-refractivity contribution in [2.75, 3.05) is 5.73 Å². The number of carbonyl (C=O) groups excluding carboxylic acids is 1. The molecule has 92 valence electrons. The second kappa shape index (κ2) is 4.91. The van der Waals surface area contributed by atoms with Crippen LogP contribution >= 0.6 is 0 Å². The summed E-state index contributed by atoms with van der Waals surface area (Å²) in [5, 5.41) is 0. The minimum absolute atomic E-state index is 0.208. The van der Waals surface area contributed by atoms with Crippen LogP contribution in [-0.4, -0.2) is 5.78 Å². The fourth-order valence-corrected chi connectivity index (χ4v) is 2.81. The molecule has 2 rings (SSSR count). The fraction of sp³-hybridized carbons (Fsp3) is 0.533. The van der Waals surface area contributed by atoms with Crippen LogP contribution in [0.15, 0.2) is 18.2 Å². The average Bonchev–Trinajstić information content (AvgIpc) is 2.32. The zero-order valence-corrected chi connectivity index (χ0v) is 10.7. The molecule has 0 bridgehead atoms. The molecule has 0 aliphatic heterocycles. The Morgan fingerprint density at radius 1 is 1.35 bits per heavy atom. The number of hydrogen-bond donors (Lipinski definition) is 1. The zero-order valence-electron chi connectivity index (χ0n) is 10.7. The Labute approximate surface area is 103 Å². The van der Waals surface area contributed by atoms with Crippen molar-refractivity contribution in [3.8, 4) is 0 Å². The van der Waals surface area contributed by atoms with Gasteiger partial charge in [0.25, 0.3) is 0 Å². The minimum Gasteiger partial charge on any atom is -0.398 e. The fourth-order valence-electron chi connectivity index (χ4n) is 2.81. The molecular weight excluding hydrogens is 210 g/mol. The molecule has 0 aromatic heterocycles. The van der Waals surface area contributed by atoms with Crippen LogP contribution in [0.1, 0.15) is 48.5 Å². The van der Waals surface area contributed by atoms with Crippen molar-refractivity contribution in [3.63, 3.8) is 0 Å². The highest BCUT2D eigenvalue weighted by Gasteiger charge is 2.26. The number of ketones is 1. The van der Waals surface area contributed by atoms with E-state index in [-0.39, 0.29) is 5.92 Å². The van der Waals surface area contributed by atoms with Gasteiger partial charge in [0, 0.05) is 17.2 Å². The summed E-state index contributed by atoms with van der Waals surface area (Å²) in [4.78, 5) is 12.5. The molecule has 1 saturated carbocycles. The quantitative estimate of drug-likeness (QED) is 0.624. The predicted octanol–water partition coefficient (Wildman–Crippen LogP) is 3.59. The molecular formula is C15H21NO. The van der Waals surface area contributed by atoms with E-state index in [1.54, 1.807) is 0 Å². The lowest BCUT2D eigenvalue weighted by atomic mass is 9.78. The smallest absolute Gasteiger partial charge is 0.166 e. The SMILES string of the molecule is Cc1c(N)cccc1C(=O)C1CCCC(C)C1. The van der Waals surface area contributed by atoms with Gasteiger partial charge in [-0.25, -0.2) is 0 Å². The summed E-state index contributed by atoms with van der Waals surface area (Å²) in [6, 6.07) is 5.64. The van der Waals surface area contributed by atoms with E-state index in [2.05, 4.69) is 6.92 Å². The number of nitrogen functional groups attached to an aromatic ring is 1. The summed E-state index contributed by atoms with van der Waals surface area (Å²) in [6.45, 7) is 4.18. The van der Waals surface area contributed by atoms with E-state index in [1.807, 2.05) is 25.1 Å². The molecule has 1 aromatic rings. The van der Waals surface area contributed by atoms with Crippen LogP contribution in [0.4, 0.5) is 5.69 Å². The van der Waals surface area contributed by atoms with E-state index >= 15 is 0 Å². The molecule has 0 saturated heterocycles. The Kier molecular flexibility index (Phi) is 3.51. The van der Waals surface area contributed by atoms with Crippen LogP contribution in [0, 0.1) is 18.8 Å². The molecule has 2 heteroatoms.